The molecule has 1 saturated heterocycles. The smallest absolute Gasteiger partial charge is 0.410 e. The van der Waals surface area contributed by atoms with Crippen LogP contribution in [-0.4, -0.2) is 66.8 Å². The van der Waals surface area contributed by atoms with Crippen molar-refractivity contribution in [3.05, 3.63) is 11.6 Å². The van der Waals surface area contributed by atoms with E-state index in [0.717, 1.165) is 26.1 Å². The fraction of sp³-hybridized carbons (Fsp3) is 0.824. The van der Waals surface area contributed by atoms with Crippen molar-refractivity contribution < 1.29 is 9.53 Å². The molecule has 126 valence electrons. The molecule has 2 atom stereocenters. The number of carbonyl (C=O) groups excluding carboxylic acids is 1. The van der Waals surface area contributed by atoms with Gasteiger partial charge in [0, 0.05) is 38.3 Å². The Labute approximate surface area is 134 Å². The maximum Gasteiger partial charge on any atom is 0.410 e. The number of likely N-dealkylation sites (N-methyl/N-ethyl adjacent to an activating group) is 1. The summed E-state index contributed by atoms with van der Waals surface area (Å²) in [5, 5.41) is 3.65. The Morgan fingerprint density at radius 1 is 1.45 bits per heavy atom. The monoisotopic (exact) mass is 309 g/mol. The highest BCUT2D eigenvalue weighted by molar-refractivity contribution is 5.68. The van der Waals surface area contributed by atoms with Gasteiger partial charge in [-0.3, -0.25) is 0 Å². The molecule has 1 amide bonds. The highest BCUT2D eigenvalue weighted by Gasteiger charge is 2.26. The van der Waals surface area contributed by atoms with Crippen molar-refractivity contribution in [1.29, 1.82) is 0 Å². The van der Waals surface area contributed by atoms with Gasteiger partial charge >= 0.3 is 6.09 Å². The van der Waals surface area contributed by atoms with Gasteiger partial charge in [0.2, 0.25) is 0 Å². The Morgan fingerprint density at radius 3 is 2.68 bits per heavy atom. The van der Waals surface area contributed by atoms with E-state index < -0.39 is 5.60 Å². The third kappa shape index (κ3) is 4.99. The number of hydrogen-bond donors (Lipinski definition) is 1. The van der Waals surface area contributed by atoms with Crippen LogP contribution in [0.1, 0.15) is 40.5 Å². The second-order valence-electron chi connectivity index (χ2n) is 7.64. The van der Waals surface area contributed by atoms with E-state index in [2.05, 4.69) is 30.3 Å². The molecule has 22 heavy (non-hydrogen) atoms. The molecule has 2 aliphatic rings. The van der Waals surface area contributed by atoms with E-state index >= 15 is 0 Å². The van der Waals surface area contributed by atoms with E-state index in [0.29, 0.717) is 18.6 Å². The SMILES string of the molecule is CC1CC(NCC2=CCN(C(=O)OC(C)(C)C)CC2)CN1C. The molecule has 0 aromatic carbocycles. The van der Waals surface area contributed by atoms with Crippen LogP contribution in [0.15, 0.2) is 11.6 Å². The molecule has 5 nitrogen and oxygen atoms in total. The average Bonchev–Trinajstić information content (AvgIpc) is 2.74. The summed E-state index contributed by atoms with van der Waals surface area (Å²) in [6.45, 7) is 11.5. The number of likely N-dealkylation sites (tertiary alicyclic amines) is 1. The fourth-order valence-corrected chi connectivity index (χ4v) is 2.98. The van der Waals surface area contributed by atoms with Crippen LogP contribution < -0.4 is 5.32 Å². The molecule has 2 unspecified atom stereocenters. The molecule has 5 heteroatoms. The second-order valence-corrected chi connectivity index (χ2v) is 7.64. The molecular weight excluding hydrogens is 278 g/mol. The molecule has 0 saturated carbocycles. The summed E-state index contributed by atoms with van der Waals surface area (Å²) in [6.07, 6.45) is 4.11. The van der Waals surface area contributed by atoms with Crippen molar-refractivity contribution >= 4 is 6.09 Å². The molecule has 1 fully saturated rings. The Hall–Kier alpha value is -1.07. The first-order chi connectivity index (χ1) is 10.2. The van der Waals surface area contributed by atoms with Crippen LogP contribution in [0, 0.1) is 0 Å². The minimum Gasteiger partial charge on any atom is -0.444 e. The molecule has 2 heterocycles. The lowest BCUT2D eigenvalue weighted by Crippen LogP contribution is -2.40. The molecule has 2 aliphatic heterocycles. The molecule has 0 aliphatic carbocycles. The number of nitrogens with one attached hydrogen (secondary N) is 1. The highest BCUT2D eigenvalue weighted by atomic mass is 16.6. The van der Waals surface area contributed by atoms with Crippen LogP contribution in [0.2, 0.25) is 0 Å². The summed E-state index contributed by atoms with van der Waals surface area (Å²) in [5.74, 6) is 0. The van der Waals surface area contributed by atoms with Crippen LogP contribution in [-0.2, 0) is 4.74 Å². The Balaban J connectivity index is 1.74. The number of rotatable bonds is 3. The number of carbonyl (C=O) groups is 1. The van der Waals surface area contributed by atoms with Crippen molar-refractivity contribution in [3.63, 3.8) is 0 Å². The number of hydrogen-bond acceptors (Lipinski definition) is 4. The second kappa shape index (κ2) is 7.01. The van der Waals surface area contributed by atoms with Gasteiger partial charge in [0.15, 0.2) is 0 Å². The van der Waals surface area contributed by atoms with Gasteiger partial charge in [-0.1, -0.05) is 11.6 Å². The zero-order chi connectivity index (χ0) is 16.3. The Kier molecular flexibility index (Phi) is 5.50. The van der Waals surface area contributed by atoms with Gasteiger partial charge in [0.25, 0.3) is 0 Å². The number of ether oxygens (including phenoxy) is 1. The van der Waals surface area contributed by atoms with E-state index in [4.69, 9.17) is 4.74 Å². The molecular formula is C17H31N3O2. The topological polar surface area (TPSA) is 44.8 Å². The number of nitrogens with zero attached hydrogens (tertiary/aromatic N) is 2. The Morgan fingerprint density at radius 2 is 2.18 bits per heavy atom. The summed E-state index contributed by atoms with van der Waals surface area (Å²) in [5.41, 5.74) is 0.982. The summed E-state index contributed by atoms with van der Waals surface area (Å²) in [6, 6.07) is 1.25. The predicted octanol–water partition coefficient (Wildman–Crippen LogP) is 2.24. The Bertz CT molecular complexity index is 418. The first-order valence-corrected chi connectivity index (χ1v) is 8.34. The lowest BCUT2D eigenvalue weighted by molar-refractivity contribution is 0.0265. The van der Waals surface area contributed by atoms with Gasteiger partial charge in [-0.25, -0.2) is 4.79 Å². The van der Waals surface area contributed by atoms with Crippen LogP contribution in [0.5, 0.6) is 0 Å². The van der Waals surface area contributed by atoms with Crippen molar-refractivity contribution in [2.75, 3.05) is 33.2 Å². The van der Waals surface area contributed by atoms with E-state index in [1.165, 1.54) is 12.0 Å². The van der Waals surface area contributed by atoms with Crippen molar-refractivity contribution in [1.82, 2.24) is 15.1 Å². The quantitative estimate of drug-likeness (QED) is 0.812. The summed E-state index contributed by atoms with van der Waals surface area (Å²) in [4.78, 5) is 16.2. The summed E-state index contributed by atoms with van der Waals surface area (Å²) in [7, 11) is 2.19. The standard InChI is InChI=1S/C17H31N3O2/c1-13-10-15(12-19(13)5)18-11-14-6-8-20(9-7-14)16(21)22-17(2,3)4/h6,13,15,18H,7-12H2,1-5H3. The lowest BCUT2D eigenvalue weighted by Gasteiger charge is -2.30. The third-order valence-electron chi connectivity index (χ3n) is 4.46. The largest absolute Gasteiger partial charge is 0.444 e. The predicted molar refractivity (Wildman–Crippen MR) is 89.0 cm³/mol. The van der Waals surface area contributed by atoms with Gasteiger partial charge in [-0.05, 0) is 47.6 Å². The van der Waals surface area contributed by atoms with Gasteiger partial charge in [-0.2, -0.15) is 0 Å². The van der Waals surface area contributed by atoms with Crippen molar-refractivity contribution in [2.45, 2.75) is 58.2 Å². The lowest BCUT2D eigenvalue weighted by atomic mass is 10.1. The summed E-state index contributed by atoms with van der Waals surface area (Å²) < 4.78 is 5.41. The molecule has 0 bridgehead atoms. The minimum absolute atomic E-state index is 0.206. The molecule has 0 spiro atoms. The van der Waals surface area contributed by atoms with Crippen LogP contribution in [0.25, 0.3) is 0 Å². The fourth-order valence-electron chi connectivity index (χ4n) is 2.98. The molecule has 0 aromatic heterocycles. The van der Waals surface area contributed by atoms with Gasteiger partial charge in [0.1, 0.15) is 5.60 Å². The zero-order valence-corrected chi connectivity index (χ0v) is 14.7. The molecule has 1 N–H and O–H groups in total. The minimum atomic E-state index is -0.423. The average molecular weight is 309 g/mol. The van der Waals surface area contributed by atoms with Crippen LogP contribution in [0.3, 0.4) is 0 Å². The maximum absolute atomic E-state index is 12.0. The van der Waals surface area contributed by atoms with Gasteiger partial charge in [-0.15, -0.1) is 0 Å². The first kappa shape index (κ1) is 17.3. The highest BCUT2D eigenvalue weighted by Crippen LogP contribution is 2.17. The van der Waals surface area contributed by atoms with E-state index in [9.17, 15) is 4.79 Å². The molecule has 0 radical (unpaired) electrons. The van der Waals surface area contributed by atoms with E-state index in [1.807, 2.05) is 20.8 Å². The zero-order valence-electron chi connectivity index (χ0n) is 14.7. The van der Waals surface area contributed by atoms with Crippen LogP contribution in [0.4, 0.5) is 4.79 Å². The normalized spacial score (nSPS) is 27.0. The van der Waals surface area contributed by atoms with E-state index in [-0.39, 0.29) is 6.09 Å². The van der Waals surface area contributed by atoms with Crippen LogP contribution >= 0.6 is 0 Å². The van der Waals surface area contributed by atoms with Crippen molar-refractivity contribution in [2.24, 2.45) is 0 Å². The maximum atomic E-state index is 12.0. The van der Waals surface area contributed by atoms with Gasteiger partial charge < -0.3 is 19.9 Å². The molecule has 2 rings (SSSR count). The third-order valence-corrected chi connectivity index (χ3v) is 4.46. The summed E-state index contributed by atoms with van der Waals surface area (Å²) >= 11 is 0. The molecule has 0 aromatic rings. The first-order valence-electron chi connectivity index (χ1n) is 8.34. The van der Waals surface area contributed by atoms with E-state index in [1.54, 1.807) is 4.90 Å². The number of amides is 1. The van der Waals surface area contributed by atoms with Gasteiger partial charge in [0.05, 0.1) is 0 Å². The van der Waals surface area contributed by atoms with Crippen molar-refractivity contribution in [3.8, 4) is 0 Å².